The third kappa shape index (κ3) is 3.21. The molecular formula is C17H20N2O3. The van der Waals surface area contributed by atoms with Gasteiger partial charge in [-0.15, -0.1) is 0 Å². The maximum Gasteiger partial charge on any atom is 0.253 e. The molecule has 22 heavy (non-hydrogen) atoms. The number of aliphatic hydroxyl groups is 1. The minimum Gasteiger partial charge on any atom is -0.396 e. The van der Waals surface area contributed by atoms with Gasteiger partial charge in [0.15, 0.2) is 0 Å². The van der Waals surface area contributed by atoms with Crippen LogP contribution in [0.1, 0.15) is 10.4 Å². The van der Waals surface area contributed by atoms with Crippen molar-refractivity contribution in [3.63, 3.8) is 0 Å². The molecule has 1 aromatic heterocycles. The number of hydrogen-bond acceptors (Lipinski definition) is 3. The Balaban J connectivity index is 1.74. The first-order valence-electron chi connectivity index (χ1n) is 7.49. The fraction of sp³-hybridized carbons (Fsp3) is 0.353. The summed E-state index contributed by atoms with van der Waals surface area (Å²) in [6.45, 7) is 2.16. The smallest absolute Gasteiger partial charge is 0.253 e. The van der Waals surface area contributed by atoms with Gasteiger partial charge in [0.2, 0.25) is 0 Å². The topological polar surface area (TPSA) is 54.7 Å². The van der Waals surface area contributed by atoms with E-state index >= 15 is 0 Å². The highest BCUT2D eigenvalue weighted by Gasteiger charge is 2.22. The number of carbonyl (C=O) groups excluding carboxylic acids is 1. The van der Waals surface area contributed by atoms with E-state index in [1.807, 2.05) is 53.4 Å². The van der Waals surface area contributed by atoms with Crippen LogP contribution in [0.3, 0.4) is 0 Å². The highest BCUT2D eigenvalue weighted by Crippen LogP contribution is 2.14. The van der Waals surface area contributed by atoms with Gasteiger partial charge in [-0.05, 0) is 36.4 Å². The fourth-order valence-electron chi connectivity index (χ4n) is 2.64. The molecule has 1 atom stereocenters. The van der Waals surface area contributed by atoms with Gasteiger partial charge in [-0.25, -0.2) is 0 Å². The van der Waals surface area contributed by atoms with Crippen molar-refractivity contribution in [3.05, 3.63) is 54.4 Å². The Bertz CT molecular complexity index is 607. The maximum atomic E-state index is 12.6. The largest absolute Gasteiger partial charge is 0.396 e. The Morgan fingerprint density at radius 3 is 2.64 bits per heavy atom. The van der Waals surface area contributed by atoms with Crippen molar-refractivity contribution in [2.24, 2.45) is 5.92 Å². The Kier molecular flexibility index (Phi) is 4.56. The van der Waals surface area contributed by atoms with Crippen molar-refractivity contribution in [2.45, 2.75) is 0 Å². The number of amides is 1. The fourth-order valence-corrected chi connectivity index (χ4v) is 2.64. The van der Waals surface area contributed by atoms with E-state index in [9.17, 15) is 9.90 Å². The lowest BCUT2D eigenvalue weighted by atomic mass is 10.1. The molecule has 0 spiro atoms. The number of aliphatic hydroxyl groups excluding tert-OH is 1. The second kappa shape index (κ2) is 6.77. The summed E-state index contributed by atoms with van der Waals surface area (Å²) in [6.07, 6.45) is 3.93. The Morgan fingerprint density at radius 1 is 1.23 bits per heavy atom. The summed E-state index contributed by atoms with van der Waals surface area (Å²) in [5.74, 6) is -0.0198. The Morgan fingerprint density at radius 2 is 1.95 bits per heavy atom. The molecule has 2 heterocycles. The average molecular weight is 300 g/mol. The van der Waals surface area contributed by atoms with Crippen molar-refractivity contribution in [1.29, 1.82) is 0 Å². The zero-order chi connectivity index (χ0) is 15.4. The average Bonchev–Trinajstić information content (AvgIpc) is 2.99. The molecule has 1 aliphatic rings. The molecule has 116 valence electrons. The van der Waals surface area contributed by atoms with E-state index in [-0.39, 0.29) is 18.4 Å². The molecule has 5 nitrogen and oxygen atoms in total. The summed E-state index contributed by atoms with van der Waals surface area (Å²) in [5, 5.41) is 9.31. The first kappa shape index (κ1) is 14.8. The van der Waals surface area contributed by atoms with E-state index in [2.05, 4.69) is 0 Å². The van der Waals surface area contributed by atoms with Crippen molar-refractivity contribution >= 4 is 5.91 Å². The highest BCUT2D eigenvalue weighted by atomic mass is 16.5. The van der Waals surface area contributed by atoms with Crippen LogP contribution in [0, 0.1) is 5.92 Å². The number of carbonyl (C=O) groups is 1. The Hall–Kier alpha value is -2.11. The van der Waals surface area contributed by atoms with Gasteiger partial charge in [0, 0.05) is 49.3 Å². The van der Waals surface area contributed by atoms with Gasteiger partial charge in [-0.1, -0.05) is 0 Å². The predicted octanol–water partition coefficient (Wildman–Crippen LogP) is 1.56. The maximum absolute atomic E-state index is 12.6. The number of ether oxygens (including phenoxy) is 1. The van der Waals surface area contributed by atoms with Crippen molar-refractivity contribution in [1.82, 2.24) is 9.47 Å². The van der Waals surface area contributed by atoms with Gasteiger partial charge in [-0.2, -0.15) is 0 Å². The molecule has 1 aromatic carbocycles. The predicted molar refractivity (Wildman–Crippen MR) is 83.1 cm³/mol. The quantitative estimate of drug-likeness (QED) is 0.936. The third-order valence-corrected chi connectivity index (χ3v) is 3.90. The minimum absolute atomic E-state index is 0.00871. The summed E-state index contributed by atoms with van der Waals surface area (Å²) in [4.78, 5) is 14.4. The molecule has 0 aliphatic carbocycles. The number of aromatic nitrogens is 1. The van der Waals surface area contributed by atoms with Crippen LogP contribution in [0.4, 0.5) is 0 Å². The monoisotopic (exact) mass is 300 g/mol. The van der Waals surface area contributed by atoms with Crippen LogP contribution in [0.5, 0.6) is 0 Å². The van der Waals surface area contributed by atoms with Crippen LogP contribution in [0.15, 0.2) is 48.8 Å². The summed E-state index contributed by atoms with van der Waals surface area (Å²) < 4.78 is 7.42. The van der Waals surface area contributed by atoms with Crippen molar-refractivity contribution < 1.29 is 14.6 Å². The first-order chi connectivity index (χ1) is 10.8. The molecule has 1 fully saturated rings. The van der Waals surface area contributed by atoms with Crippen LogP contribution in [0.2, 0.25) is 0 Å². The zero-order valence-electron chi connectivity index (χ0n) is 12.4. The molecule has 1 aliphatic heterocycles. The van der Waals surface area contributed by atoms with Gasteiger partial charge < -0.3 is 19.3 Å². The van der Waals surface area contributed by atoms with E-state index < -0.39 is 0 Å². The Labute approximate surface area is 129 Å². The lowest BCUT2D eigenvalue weighted by Crippen LogP contribution is -2.36. The van der Waals surface area contributed by atoms with E-state index in [0.717, 1.165) is 5.69 Å². The van der Waals surface area contributed by atoms with Gasteiger partial charge in [0.05, 0.1) is 13.2 Å². The lowest BCUT2D eigenvalue weighted by molar-refractivity contribution is 0.0728. The summed E-state index contributed by atoms with van der Waals surface area (Å²) in [6, 6.07) is 11.5. The summed E-state index contributed by atoms with van der Waals surface area (Å²) in [7, 11) is 0. The van der Waals surface area contributed by atoms with Crippen molar-refractivity contribution in [2.75, 3.05) is 32.9 Å². The molecule has 0 unspecified atom stereocenters. The molecule has 0 radical (unpaired) electrons. The van der Waals surface area contributed by atoms with E-state index in [0.29, 0.717) is 31.9 Å². The molecule has 1 saturated heterocycles. The number of nitrogens with zero attached hydrogens (tertiary/aromatic N) is 2. The SMILES string of the molecule is O=C(c1ccc(-n2cccc2)cc1)N1CCOC[C@H](CO)C1. The highest BCUT2D eigenvalue weighted by molar-refractivity contribution is 5.94. The first-order valence-corrected chi connectivity index (χ1v) is 7.49. The molecule has 2 aromatic rings. The molecule has 1 N–H and O–H groups in total. The third-order valence-electron chi connectivity index (χ3n) is 3.90. The molecule has 1 amide bonds. The van der Waals surface area contributed by atoms with Crippen molar-refractivity contribution in [3.8, 4) is 5.69 Å². The van der Waals surface area contributed by atoms with Crippen LogP contribution < -0.4 is 0 Å². The molecule has 3 rings (SSSR count). The zero-order valence-corrected chi connectivity index (χ0v) is 12.4. The van der Waals surface area contributed by atoms with E-state index in [1.165, 1.54) is 0 Å². The summed E-state index contributed by atoms with van der Waals surface area (Å²) >= 11 is 0. The minimum atomic E-state index is -0.0111. The number of hydrogen-bond donors (Lipinski definition) is 1. The van der Waals surface area contributed by atoms with Crippen LogP contribution >= 0.6 is 0 Å². The van der Waals surface area contributed by atoms with Crippen LogP contribution in [-0.2, 0) is 4.74 Å². The standard InChI is InChI=1S/C17H20N2O3/c20-12-14-11-19(9-10-22-13-14)17(21)15-3-5-16(6-4-15)18-7-1-2-8-18/h1-8,14,20H,9-13H2/t14-/m0/s1. The molecule has 0 saturated carbocycles. The second-order valence-corrected chi connectivity index (χ2v) is 5.51. The number of rotatable bonds is 3. The lowest BCUT2D eigenvalue weighted by Gasteiger charge is -2.22. The molecule has 5 heteroatoms. The van der Waals surface area contributed by atoms with E-state index in [1.54, 1.807) is 4.90 Å². The van der Waals surface area contributed by atoms with Gasteiger partial charge in [0.25, 0.3) is 5.91 Å². The van der Waals surface area contributed by atoms with Gasteiger partial charge in [-0.3, -0.25) is 4.79 Å². The van der Waals surface area contributed by atoms with Gasteiger partial charge in [0.1, 0.15) is 0 Å². The summed E-state index contributed by atoms with van der Waals surface area (Å²) in [5.41, 5.74) is 1.68. The van der Waals surface area contributed by atoms with Gasteiger partial charge >= 0.3 is 0 Å². The van der Waals surface area contributed by atoms with Crippen LogP contribution in [-0.4, -0.2) is 53.4 Å². The van der Waals surface area contributed by atoms with E-state index in [4.69, 9.17) is 4.74 Å². The molecular weight excluding hydrogens is 280 g/mol. The van der Waals surface area contributed by atoms with Crippen LogP contribution in [0.25, 0.3) is 5.69 Å². The normalized spacial score (nSPS) is 19.0. The second-order valence-electron chi connectivity index (χ2n) is 5.51. The molecule has 0 bridgehead atoms. The number of benzene rings is 1.